The van der Waals surface area contributed by atoms with Crippen LogP contribution in [0.25, 0.3) is 33.6 Å². The van der Waals surface area contributed by atoms with E-state index < -0.39 is 0 Å². The number of rotatable bonds is 6. The fourth-order valence-corrected chi connectivity index (χ4v) is 3.69. The second kappa shape index (κ2) is 8.09. The van der Waals surface area contributed by atoms with Gasteiger partial charge in [-0.1, -0.05) is 104 Å². The van der Waals surface area contributed by atoms with Crippen LogP contribution in [0.1, 0.15) is 19.8 Å². The third kappa shape index (κ3) is 3.59. The van der Waals surface area contributed by atoms with Crippen molar-refractivity contribution in [3.8, 4) is 33.6 Å². The van der Waals surface area contributed by atoms with Gasteiger partial charge in [-0.3, -0.25) is 0 Å². The van der Waals surface area contributed by atoms with E-state index >= 15 is 0 Å². The van der Waals surface area contributed by atoms with Crippen molar-refractivity contribution in [3.63, 3.8) is 0 Å². The molecule has 0 atom stereocenters. The van der Waals surface area contributed by atoms with E-state index in [1.54, 1.807) is 0 Å². The van der Waals surface area contributed by atoms with Crippen molar-refractivity contribution in [3.05, 3.63) is 97.1 Å². The third-order valence-corrected chi connectivity index (χ3v) is 5.03. The highest BCUT2D eigenvalue weighted by Crippen LogP contribution is 2.39. The van der Waals surface area contributed by atoms with Crippen molar-refractivity contribution in [1.29, 1.82) is 0 Å². The Balaban J connectivity index is 1.99. The van der Waals surface area contributed by atoms with E-state index in [9.17, 15) is 0 Å². The van der Waals surface area contributed by atoms with Crippen LogP contribution in [-0.4, -0.2) is 4.57 Å². The van der Waals surface area contributed by atoms with E-state index in [0.717, 1.165) is 6.54 Å². The summed E-state index contributed by atoms with van der Waals surface area (Å²) in [6.45, 7) is 3.28. The Morgan fingerprint density at radius 2 is 1.15 bits per heavy atom. The molecule has 0 saturated heterocycles. The number of hydrogen-bond acceptors (Lipinski definition) is 0. The van der Waals surface area contributed by atoms with Gasteiger partial charge in [-0.15, -0.1) is 0 Å². The fraction of sp³-hybridized carbons (Fsp3) is 0.154. The largest absolute Gasteiger partial charge is 0.340 e. The van der Waals surface area contributed by atoms with Gasteiger partial charge in [-0.2, -0.15) is 0 Å². The molecule has 0 spiro atoms. The molecule has 0 unspecified atom stereocenters. The zero-order valence-electron chi connectivity index (χ0n) is 15.8. The summed E-state index contributed by atoms with van der Waals surface area (Å²) in [5.74, 6) is 0. The van der Waals surface area contributed by atoms with Crippen LogP contribution in [0.2, 0.25) is 0 Å². The Morgan fingerprint density at radius 3 is 1.70 bits per heavy atom. The minimum atomic E-state index is 1.03. The van der Waals surface area contributed by atoms with Gasteiger partial charge in [-0.25, -0.2) is 0 Å². The van der Waals surface area contributed by atoms with Gasteiger partial charge in [0.25, 0.3) is 0 Å². The van der Waals surface area contributed by atoms with Crippen LogP contribution >= 0.6 is 0 Å². The number of benzene rings is 3. The van der Waals surface area contributed by atoms with Gasteiger partial charge in [0.2, 0.25) is 0 Å². The summed E-state index contributed by atoms with van der Waals surface area (Å²) in [5.41, 5.74) is 7.72. The van der Waals surface area contributed by atoms with Crippen molar-refractivity contribution in [2.75, 3.05) is 0 Å². The number of aromatic nitrogens is 1. The molecule has 0 saturated carbocycles. The smallest absolute Gasteiger partial charge is 0.0564 e. The molecule has 1 heteroatoms. The Labute approximate surface area is 161 Å². The maximum atomic E-state index is 2.51. The molecule has 134 valence electrons. The second-order valence-corrected chi connectivity index (χ2v) is 6.90. The topological polar surface area (TPSA) is 4.93 Å². The number of nitrogens with zero attached hydrogens (tertiary/aromatic N) is 1. The molecule has 3 aromatic carbocycles. The lowest BCUT2D eigenvalue weighted by Crippen LogP contribution is -2.02. The highest BCUT2D eigenvalue weighted by Gasteiger charge is 2.18. The lowest BCUT2D eigenvalue weighted by molar-refractivity contribution is 0.644. The molecule has 1 heterocycles. The molecule has 4 aromatic rings. The van der Waals surface area contributed by atoms with Gasteiger partial charge in [0.15, 0.2) is 0 Å². The van der Waals surface area contributed by atoms with E-state index in [2.05, 4.69) is 109 Å². The predicted octanol–water partition coefficient (Wildman–Crippen LogP) is 7.29. The summed E-state index contributed by atoms with van der Waals surface area (Å²) in [4.78, 5) is 0. The average molecular weight is 351 g/mol. The minimum Gasteiger partial charge on any atom is -0.340 e. The van der Waals surface area contributed by atoms with Crippen LogP contribution in [0, 0.1) is 0 Å². The molecule has 0 aliphatic heterocycles. The highest BCUT2D eigenvalue weighted by atomic mass is 15.0. The molecule has 0 bridgehead atoms. The fourth-order valence-electron chi connectivity index (χ4n) is 3.69. The SMILES string of the molecule is CCCCn1c(-c2ccccc2)cc(-c2ccccc2)c1-c1ccccc1. The first-order chi connectivity index (χ1) is 13.4. The normalized spacial score (nSPS) is 10.9. The van der Waals surface area contributed by atoms with E-state index in [1.807, 2.05) is 0 Å². The van der Waals surface area contributed by atoms with Gasteiger partial charge in [-0.05, 0) is 29.2 Å². The Kier molecular flexibility index (Phi) is 5.20. The molecule has 0 aliphatic rings. The first kappa shape index (κ1) is 17.4. The quantitative estimate of drug-likeness (QED) is 0.344. The summed E-state index contributed by atoms with van der Waals surface area (Å²) in [5, 5.41) is 0. The minimum absolute atomic E-state index is 1.03. The van der Waals surface area contributed by atoms with Gasteiger partial charge in [0, 0.05) is 17.8 Å². The first-order valence-corrected chi connectivity index (χ1v) is 9.78. The Hall–Kier alpha value is -3.06. The van der Waals surface area contributed by atoms with Crippen LogP contribution in [0.15, 0.2) is 97.1 Å². The summed E-state index contributed by atoms with van der Waals surface area (Å²) in [6.07, 6.45) is 2.35. The Morgan fingerprint density at radius 1 is 0.630 bits per heavy atom. The molecular formula is C26H25N. The summed E-state index contributed by atoms with van der Waals surface area (Å²) >= 11 is 0. The van der Waals surface area contributed by atoms with Crippen molar-refractivity contribution in [1.82, 2.24) is 4.57 Å². The predicted molar refractivity (Wildman–Crippen MR) is 116 cm³/mol. The van der Waals surface area contributed by atoms with Gasteiger partial charge in [0.1, 0.15) is 0 Å². The zero-order valence-corrected chi connectivity index (χ0v) is 15.8. The molecule has 0 amide bonds. The zero-order chi connectivity index (χ0) is 18.5. The highest BCUT2D eigenvalue weighted by molar-refractivity contribution is 5.86. The monoisotopic (exact) mass is 351 g/mol. The molecule has 27 heavy (non-hydrogen) atoms. The maximum Gasteiger partial charge on any atom is 0.0564 e. The standard InChI is InChI=1S/C26H25N/c1-2-3-19-27-25(22-15-9-5-10-16-22)20-24(21-13-7-4-8-14-21)26(27)23-17-11-6-12-18-23/h4-18,20H,2-3,19H2,1H3. The van der Waals surface area contributed by atoms with Gasteiger partial charge in [0.05, 0.1) is 5.69 Å². The first-order valence-electron chi connectivity index (χ1n) is 9.78. The van der Waals surface area contributed by atoms with Crippen LogP contribution < -0.4 is 0 Å². The molecule has 0 radical (unpaired) electrons. The van der Waals surface area contributed by atoms with Gasteiger partial charge < -0.3 is 4.57 Å². The van der Waals surface area contributed by atoms with E-state index in [4.69, 9.17) is 0 Å². The number of unbranched alkanes of at least 4 members (excludes halogenated alkanes) is 1. The second-order valence-electron chi connectivity index (χ2n) is 6.90. The molecule has 0 aliphatic carbocycles. The molecule has 1 aromatic heterocycles. The van der Waals surface area contributed by atoms with Gasteiger partial charge >= 0.3 is 0 Å². The molecule has 4 rings (SSSR count). The van der Waals surface area contributed by atoms with Crippen molar-refractivity contribution in [2.45, 2.75) is 26.3 Å². The Bertz CT molecular complexity index is 983. The lowest BCUT2D eigenvalue weighted by Gasteiger charge is -2.15. The van der Waals surface area contributed by atoms with Crippen LogP contribution in [0.3, 0.4) is 0 Å². The maximum absolute atomic E-state index is 2.51. The van der Waals surface area contributed by atoms with E-state index in [0.29, 0.717) is 0 Å². The lowest BCUT2D eigenvalue weighted by atomic mass is 10.0. The molecular weight excluding hydrogens is 326 g/mol. The van der Waals surface area contributed by atoms with E-state index in [1.165, 1.54) is 46.5 Å². The molecule has 0 fully saturated rings. The summed E-state index contributed by atoms with van der Waals surface area (Å²) in [7, 11) is 0. The summed E-state index contributed by atoms with van der Waals surface area (Å²) < 4.78 is 2.51. The summed E-state index contributed by atoms with van der Waals surface area (Å²) in [6, 6.07) is 34.6. The van der Waals surface area contributed by atoms with Crippen LogP contribution in [0.4, 0.5) is 0 Å². The molecule has 0 N–H and O–H groups in total. The molecule has 1 nitrogen and oxygen atoms in total. The number of hydrogen-bond donors (Lipinski definition) is 0. The van der Waals surface area contributed by atoms with Crippen LogP contribution in [0.5, 0.6) is 0 Å². The van der Waals surface area contributed by atoms with Crippen molar-refractivity contribution >= 4 is 0 Å². The third-order valence-electron chi connectivity index (χ3n) is 5.03. The van der Waals surface area contributed by atoms with Crippen molar-refractivity contribution < 1.29 is 0 Å². The average Bonchev–Trinajstić information content (AvgIpc) is 3.13. The van der Waals surface area contributed by atoms with Crippen LogP contribution in [-0.2, 0) is 6.54 Å². The van der Waals surface area contributed by atoms with E-state index in [-0.39, 0.29) is 0 Å². The van der Waals surface area contributed by atoms with Crippen molar-refractivity contribution in [2.24, 2.45) is 0 Å².